The van der Waals surface area contributed by atoms with Gasteiger partial charge < -0.3 is 5.32 Å². The van der Waals surface area contributed by atoms with E-state index in [1.807, 2.05) is 36.5 Å². The molecule has 0 spiro atoms. The van der Waals surface area contributed by atoms with Crippen LogP contribution in [0.4, 0.5) is 0 Å². The molecule has 1 N–H and O–H groups in total. The molecule has 0 amide bonds. The zero-order valence-electron chi connectivity index (χ0n) is 14.5. The van der Waals surface area contributed by atoms with Gasteiger partial charge in [0.25, 0.3) is 0 Å². The summed E-state index contributed by atoms with van der Waals surface area (Å²) >= 11 is 1.70. The maximum atomic E-state index is 4.71. The fourth-order valence-electron chi connectivity index (χ4n) is 2.26. The minimum atomic E-state index is 0.0960. The Morgan fingerprint density at radius 2 is 1.96 bits per heavy atom. The summed E-state index contributed by atoms with van der Waals surface area (Å²) in [5.41, 5.74) is 3.18. The van der Waals surface area contributed by atoms with E-state index in [0.717, 1.165) is 28.6 Å². The summed E-state index contributed by atoms with van der Waals surface area (Å²) in [4.78, 5) is 4.71. The number of hydrogen-bond acceptors (Lipinski definition) is 5. The van der Waals surface area contributed by atoms with Crippen LogP contribution in [0.1, 0.15) is 50.1 Å². The summed E-state index contributed by atoms with van der Waals surface area (Å²) in [6.07, 6.45) is 1.97. The van der Waals surface area contributed by atoms with Crippen molar-refractivity contribution >= 4 is 11.3 Å². The molecule has 5 nitrogen and oxygen atoms in total. The van der Waals surface area contributed by atoms with Crippen LogP contribution in [0, 0.1) is 0 Å². The number of thiazole rings is 1. The molecule has 0 aliphatic rings. The lowest BCUT2D eigenvalue weighted by molar-refractivity contribution is 0.547. The number of benzene rings is 1. The highest BCUT2D eigenvalue weighted by molar-refractivity contribution is 7.09. The molecule has 3 aromatic rings. The van der Waals surface area contributed by atoms with Crippen molar-refractivity contribution in [3.8, 4) is 5.69 Å². The van der Waals surface area contributed by atoms with Gasteiger partial charge in [-0.15, -0.1) is 16.4 Å². The quantitative estimate of drug-likeness (QED) is 0.765. The van der Waals surface area contributed by atoms with Gasteiger partial charge in [0, 0.05) is 17.3 Å². The molecular formula is C18H23N5S. The number of nitrogens with one attached hydrogen (secondary N) is 1. The van der Waals surface area contributed by atoms with E-state index in [0.29, 0.717) is 0 Å². The smallest absolute Gasteiger partial charge is 0.107 e. The van der Waals surface area contributed by atoms with Crippen LogP contribution < -0.4 is 5.32 Å². The molecule has 0 fully saturated rings. The Hall–Kier alpha value is -2.05. The van der Waals surface area contributed by atoms with Crippen molar-refractivity contribution < 1.29 is 0 Å². The summed E-state index contributed by atoms with van der Waals surface area (Å²) in [7, 11) is 0. The van der Waals surface area contributed by atoms with Gasteiger partial charge in [-0.2, -0.15) is 0 Å². The van der Waals surface area contributed by atoms with E-state index >= 15 is 0 Å². The normalized spacial score (nSPS) is 13.2. The summed E-state index contributed by atoms with van der Waals surface area (Å²) in [6.45, 7) is 9.38. The molecule has 126 valence electrons. The lowest BCUT2D eigenvalue weighted by Crippen LogP contribution is -2.19. The van der Waals surface area contributed by atoms with Gasteiger partial charge in [0.05, 0.1) is 29.3 Å². The fraction of sp³-hybridized carbons (Fsp3) is 0.389. The van der Waals surface area contributed by atoms with Gasteiger partial charge >= 0.3 is 0 Å². The molecule has 24 heavy (non-hydrogen) atoms. The van der Waals surface area contributed by atoms with Gasteiger partial charge in [-0.25, -0.2) is 9.67 Å². The predicted octanol–water partition coefficient (Wildman–Crippen LogP) is 3.87. The van der Waals surface area contributed by atoms with Crippen LogP contribution in [0.2, 0.25) is 0 Å². The molecule has 0 radical (unpaired) electrons. The van der Waals surface area contributed by atoms with Gasteiger partial charge in [-0.1, -0.05) is 44.2 Å². The molecule has 2 heterocycles. The first-order valence-electron chi connectivity index (χ1n) is 8.09. The number of nitrogens with zero attached hydrogens (tertiary/aromatic N) is 4. The van der Waals surface area contributed by atoms with Gasteiger partial charge in [0.2, 0.25) is 0 Å². The predicted molar refractivity (Wildman–Crippen MR) is 97.4 cm³/mol. The number of hydrogen-bond donors (Lipinski definition) is 1. The minimum absolute atomic E-state index is 0.0960. The molecule has 3 rings (SSSR count). The molecule has 0 bridgehead atoms. The summed E-state index contributed by atoms with van der Waals surface area (Å²) in [5, 5.41) is 15.2. The SMILES string of the molecule is C[C@H](NCc1nc(C(C)(C)C)cs1)c1cn(-c2ccccc2)nn1. The maximum Gasteiger partial charge on any atom is 0.107 e. The third-order valence-corrected chi connectivity index (χ3v) is 4.70. The second-order valence-electron chi connectivity index (χ2n) is 6.90. The third kappa shape index (κ3) is 3.88. The van der Waals surface area contributed by atoms with Crippen LogP contribution in [-0.4, -0.2) is 20.0 Å². The van der Waals surface area contributed by atoms with E-state index in [2.05, 4.69) is 48.7 Å². The lowest BCUT2D eigenvalue weighted by atomic mass is 9.93. The average molecular weight is 341 g/mol. The van der Waals surface area contributed by atoms with Crippen LogP contribution in [-0.2, 0) is 12.0 Å². The van der Waals surface area contributed by atoms with E-state index < -0.39 is 0 Å². The van der Waals surface area contributed by atoms with Crippen molar-refractivity contribution in [1.29, 1.82) is 0 Å². The van der Waals surface area contributed by atoms with E-state index in [1.165, 1.54) is 0 Å². The van der Waals surface area contributed by atoms with E-state index in [9.17, 15) is 0 Å². The highest BCUT2D eigenvalue weighted by atomic mass is 32.1. The molecule has 0 saturated heterocycles. The second kappa shape index (κ2) is 6.83. The van der Waals surface area contributed by atoms with Crippen molar-refractivity contribution in [1.82, 2.24) is 25.3 Å². The topological polar surface area (TPSA) is 55.6 Å². The van der Waals surface area contributed by atoms with Crippen LogP contribution >= 0.6 is 11.3 Å². The largest absolute Gasteiger partial charge is 0.302 e. The van der Waals surface area contributed by atoms with Gasteiger partial charge in [-0.05, 0) is 19.1 Å². The van der Waals surface area contributed by atoms with Crippen molar-refractivity contribution in [2.75, 3.05) is 0 Å². The molecule has 0 aliphatic carbocycles. The Bertz CT molecular complexity index is 785. The third-order valence-electron chi connectivity index (χ3n) is 3.86. The molecular weight excluding hydrogens is 318 g/mol. The van der Waals surface area contributed by atoms with Crippen molar-refractivity contribution in [2.45, 2.75) is 45.7 Å². The first kappa shape index (κ1) is 16.8. The monoisotopic (exact) mass is 341 g/mol. The highest BCUT2D eigenvalue weighted by Crippen LogP contribution is 2.24. The summed E-state index contributed by atoms with van der Waals surface area (Å²) < 4.78 is 1.80. The Morgan fingerprint density at radius 3 is 2.62 bits per heavy atom. The molecule has 1 atom stereocenters. The van der Waals surface area contributed by atoms with Gasteiger partial charge in [0.15, 0.2) is 0 Å². The van der Waals surface area contributed by atoms with Crippen molar-refractivity contribution in [3.63, 3.8) is 0 Å². The van der Waals surface area contributed by atoms with E-state index in [1.54, 1.807) is 16.0 Å². The number of para-hydroxylation sites is 1. The Kier molecular flexibility index (Phi) is 4.78. The van der Waals surface area contributed by atoms with Gasteiger partial charge in [0.1, 0.15) is 5.01 Å². The van der Waals surface area contributed by atoms with E-state index in [4.69, 9.17) is 4.98 Å². The molecule has 0 unspecified atom stereocenters. The maximum absolute atomic E-state index is 4.71. The molecule has 1 aromatic carbocycles. The molecule has 0 saturated carbocycles. The van der Waals surface area contributed by atoms with Gasteiger partial charge in [-0.3, -0.25) is 0 Å². The highest BCUT2D eigenvalue weighted by Gasteiger charge is 2.18. The lowest BCUT2D eigenvalue weighted by Gasteiger charge is -2.14. The molecule has 6 heteroatoms. The van der Waals surface area contributed by atoms with Crippen molar-refractivity contribution in [2.24, 2.45) is 0 Å². The Morgan fingerprint density at radius 1 is 1.21 bits per heavy atom. The first-order chi connectivity index (χ1) is 11.4. The first-order valence-corrected chi connectivity index (χ1v) is 8.97. The van der Waals surface area contributed by atoms with Crippen molar-refractivity contribution in [3.05, 3.63) is 58.3 Å². The minimum Gasteiger partial charge on any atom is -0.302 e. The second-order valence-corrected chi connectivity index (χ2v) is 7.85. The molecule has 0 aliphatic heterocycles. The average Bonchev–Trinajstić information content (AvgIpc) is 3.22. The van der Waals surface area contributed by atoms with Crippen LogP contribution in [0.15, 0.2) is 41.9 Å². The zero-order chi connectivity index (χ0) is 17.2. The fourth-order valence-corrected chi connectivity index (χ4v) is 3.24. The standard InChI is InChI=1S/C18H23N5S/c1-13(19-10-17-20-16(12-24-17)18(2,3)4)15-11-23(22-21-15)14-8-6-5-7-9-14/h5-9,11-13,19H,10H2,1-4H3/t13-/m0/s1. The van der Waals surface area contributed by atoms with Crippen LogP contribution in [0.3, 0.4) is 0 Å². The number of rotatable bonds is 5. The van der Waals surface area contributed by atoms with Crippen LogP contribution in [0.5, 0.6) is 0 Å². The summed E-state index contributed by atoms with van der Waals surface area (Å²) in [6, 6.07) is 10.1. The summed E-state index contributed by atoms with van der Waals surface area (Å²) in [5.74, 6) is 0. The van der Waals surface area contributed by atoms with Crippen LogP contribution in [0.25, 0.3) is 5.69 Å². The molecule has 2 aromatic heterocycles. The Labute approximate surface area is 146 Å². The van der Waals surface area contributed by atoms with E-state index in [-0.39, 0.29) is 11.5 Å². The zero-order valence-corrected chi connectivity index (χ0v) is 15.3. The number of aromatic nitrogens is 4. The Balaban J connectivity index is 1.62.